The molecule has 38 heavy (non-hydrogen) atoms. The zero-order valence-corrected chi connectivity index (χ0v) is 22.1. The molecule has 192 valence electrons. The second-order valence-corrected chi connectivity index (χ2v) is 10.2. The van der Waals surface area contributed by atoms with E-state index in [0.29, 0.717) is 21.4 Å². The molecule has 5 nitrogen and oxygen atoms in total. The maximum Gasteiger partial charge on any atom is 0.273 e. The summed E-state index contributed by atoms with van der Waals surface area (Å²) in [6, 6.07) is 19.2. The number of ether oxygens (including phenoxy) is 1. The quantitative estimate of drug-likeness (QED) is 0.241. The molecule has 5 aromatic rings. The van der Waals surface area contributed by atoms with Crippen LogP contribution in [0.4, 0.5) is 10.1 Å². The van der Waals surface area contributed by atoms with E-state index < -0.39 is 0 Å². The minimum Gasteiger partial charge on any atom is -0.497 e. The average Bonchev–Trinajstić information content (AvgIpc) is 3.34. The predicted molar refractivity (Wildman–Crippen MR) is 150 cm³/mol. The molecule has 0 saturated carbocycles. The Morgan fingerprint density at radius 3 is 2.39 bits per heavy atom. The Morgan fingerprint density at radius 1 is 0.947 bits per heavy atom. The van der Waals surface area contributed by atoms with E-state index in [4.69, 9.17) is 27.9 Å². The fraction of sp³-hybridized carbons (Fsp3) is 0.167. The molecule has 0 unspecified atom stereocenters. The summed E-state index contributed by atoms with van der Waals surface area (Å²) in [5, 5.41) is 3.76. The molecular formula is C30H24Cl2FN3O2. The predicted octanol–water partition coefficient (Wildman–Crippen LogP) is 8.12. The first kappa shape index (κ1) is 24.6. The summed E-state index contributed by atoms with van der Waals surface area (Å²) in [5.74, 6) is 0.170. The molecule has 6 rings (SSSR count). The number of amides is 1. The van der Waals surface area contributed by atoms with Crippen LogP contribution in [0, 0.1) is 5.82 Å². The van der Waals surface area contributed by atoms with E-state index in [0.717, 1.165) is 65.2 Å². The molecule has 0 spiro atoms. The number of carbonyl (C=O) groups excluding carboxylic acids is 1. The summed E-state index contributed by atoms with van der Waals surface area (Å²) in [6.45, 7) is 0.825. The Hall–Kier alpha value is -3.74. The first-order chi connectivity index (χ1) is 18.4. The highest BCUT2D eigenvalue weighted by atomic mass is 35.5. The van der Waals surface area contributed by atoms with Crippen LogP contribution >= 0.6 is 23.2 Å². The summed E-state index contributed by atoms with van der Waals surface area (Å²) >= 11 is 12.3. The molecule has 3 aromatic carbocycles. The number of aryl methyl sites for hydroxylation is 2. The van der Waals surface area contributed by atoms with Crippen molar-refractivity contribution < 1.29 is 13.9 Å². The minimum absolute atomic E-state index is 0.289. The van der Waals surface area contributed by atoms with Crippen molar-refractivity contribution in [2.75, 3.05) is 12.4 Å². The van der Waals surface area contributed by atoms with Crippen LogP contribution in [0.15, 0.2) is 72.9 Å². The normalized spacial score (nSPS) is 12.9. The van der Waals surface area contributed by atoms with Crippen molar-refractivity contribution >= 4 is 40.4 Å². The van der Waals surface area contributed by atoms with Gasteiger partial charge in [0.1, 0.15) is 22.9 Å². The maximum absolute atomic E-state index is 14.0. The van der Waals surface area contributed by atoms with E-state index >= 15 is 0 Å². The van der Waals surface area contributed by atoms with Crippen molar-refractivity contribution in [2.45, 2.75) is 25.8 Å². The van der Waals surface area contributed by atoms with E-state index in [1.807, 2.05) is 34.9 Å². The molecule has 3 heterocycles. The second-order valence-electron chi connectivity index (χ2n) is 9.34. The van der Waals surface area contributed by atoms with Crippen LogP contribution in [-0.4, -0.2) is 22.0 Å². The number of carbonyl (C=O) groups is 1. The monoisotopic (exact) mass is 547 g/mol. The van der Waals surface area contributed by atoms with Crippen molar-refractivity contribution in [2.24, 2.45) is 0 Å². The first-order valence-electron chi connectivity index (χ1n) is 12.4. The topological polar surface area (TPSA) is 47.7 Å². The standard InChI is InChI=1S/C30H24Cl2FN3O2/c1-38-22-12-7-18(8-13-22)26-17-36-28(29(37)34-21-11-14-24(31)25(32)16-21)27(19-5-9-20(33)10-6-19)23-4-2-3-15-35(26)30(23)36/h5-14,16-17H,2-4,15H2,1H3,(H,34,37). The van der Waals surface area contributed by atoms with Gasteiger partial charge in [0, 0.05) is 29.6 Å². The highest BCUT2D eigenvalue weighted by Crippen LogP contribution is 2.40. The van der Waals surface area contributed by atoms with Gasteiger partial charge < -0.3 is 14.6 Å². The second kappa shape index (κ2) is 9.86. The maximum atomic E-state index is 14.0. The fourth-order valence-corrected chi connectivity index (χ4v) is 5.59. The summed E-state index contributed by atoms with van der Waals surface area (Å²) in [6.07, 6.45) is 4.81. The lowest BCUT2D eigenvalue weighted by molar-refractivity contribution is 0.102. The van der Waals surface area contributed by atoms with Gasteiger partial charge in [-0.25, -0.2) is 4.39 Å². The van der Waals surface area contributed by atoms with Crippen LogP contribution in [0.2, 0.25) is 10.0 Å². The van der Waals surface area contributed by atoms with Crippen molar-refractivity contribution in [1.29, 1.82) is 0 Å². The van der Waals surface area contributed by atoms with Crippen molar-refractivity contribution in [1.82, 2.24) is 8.97 Å². The lowest BCUT2D eigenvalue weighted by Gasteiger charge is -2.11. The molecule has 0 aliphatic carbocycles. The Morgan fingerprint density at radius 2 is 1.68 bits per heavy atom. The first-order valence-corrected chi connectivity index (χ1v) is 13.1. The molecule has 1 aliphatic heterocycles. The average molecular weight is 548 g/mol. The number of benzene rings is 3. The number of halogens is 3. The number of anilines is 1. The molecular weight excluding hydrogens is 524 g/mol. The summed E-state index contributed by atoms with van der Waals surface area (Å²) in [4.78, 5) is 14.0. The fourth-order valence-electron chi connectivity index (χ4n) is 5.29. The lowest BCUT2D eigenvalue weighted by atomic mass is 9.97. The van der Waals surface area contributed by atoms with E-state index in [1.54, 1.807) is 37.4 Å². The Bertz CT molecular complexity index is 1670. The summed E-state index contributed by atoms with van der Waals surface area (Å²) in [7, 11) is 1.65. The number of imidazole rings is 1. The SMILES string of the molecule is COc1ccc(-c2cn3c(C(=O)Nc4ccc(Cl)c(Cl)c4)c(-c4ccc(F)cc4)c4c3n2CCCC4)cc1. The van der Waals surface area contributed by atoms with Crippen molar-refractivity contribution in [3.63, 3.8) is 0 Å². The molecule has 0 atom stereocenters. The number of nitrogens with one attached hydrogen (secondary N) is 1. The van der Waals surface area contributed by atoms with E-state index in [1.165, 1.54) is 12.1 Å². The van der Waals surface area contributed by atoms with E-state index in [2.05, 4.69) is 9.88 Å². The zero-order chi connectivity index (χ0) is 26.4. The zero-order valence-electron chi connectivity index (χ0n) is 20.6. The Balaban J connectivity index is 1.58. The number of hydrogen-bond donors (Lipinski definition) is 1. The van der Waals surface area contributed by atoms with Gasteiger partial charge in [0.25, 0.3) is 5.91 Å². The van der Waals surface area contributed by atoms with Crippen LogP contribution < -0.4 is 10.1 Å². The van der Waals surface area contributed by atoms with Gasteiger partial charge in [0.2, 0.25) is 0 Å². The summed E-state index contributed by atoms with van der Waals surface area (Å²) < 4.78 is 23.5. The molecule has 0 radical (unpaired) electrons. The van der Waals surface area contributed by atoms with Gasteiger partial charge in [-0.1, -0.05) is 35.3 Å². The molecule has 1 N–H and O–H groups in total. The van der Waals surface area contributed by atoms with Gasteiger partial charge in [0.15, 0.2) is 0 Å². The van der Waals surface area contributed by atoms with Crippen LogP contribution in [0.25, 0.3) is 28.0 Å². The number of nitrogens with zero attached hydrogens (tertiary/aromatic N) is 2. The Labute approximate surface area is 229 Å². The summed E-state index contributed by atoms with van der Waals surface area (Å²) in [5.41, 5.74) is 6.73. The highest BCUT2D eigenvalue weighted by molar-refractivity contribution is 6.42. The number of methoxy groups -OCH3 is 1. The largest absolute Gasteiger partial charge is 0.497 e. The highest BCUT2D eigenvalue weighted by Gasteiger charge is 2.29. The molecule has 1 amide bonds. The van der Waals surface area contributed by atoms with Gasteiger partial charge in [-0.3, -0.25) is 9.20 Å². The molecule has 2 aromatic heterocycles. The molecule has 1 aliphatic rings. The number of rotatable bonds is 5. The third-order valence-corrected chi connectivity index (χ3v) is 7.78. The van der Waals surface area contributed by atoms with Gasteiger partial charge in [-0.15, -0.1) is 0 Å². The molecule has 0 fully saturated rings. The van der Waals surface area contributed by atoms with Crippen molar-refractivity contribution in [3.05, 3.63) is 100 Å². The van der Waals surface area contributed by atoms with Crippen LogP contribution in [0.1, 0.15) is 28.9 Å². The molecule has 0 saturated heterocycles. The minimum atomic E-state index is -0.323. The Kier molecular flexibility index (Phi) is 6.38. The van der Waals surface area contributed by atoms with E-state index in [-0.39, 0.29) is 11.7 Å². The van der Waals surface area contributed by atoms with Crippen LogP contribution in [0.3, 0.4) is 0 Å². The van der Waals surface area contributed by atoms with Gasteiger partial charge >= 0.3 is 0 Å². The van der Waals surface area contributed by atoms with Crippen LogP contribution in [0.5, 0.6) is 5.75 Å². The van der Waals surface area contributed by atoms with Crippen molar-refractivity contribution in [3.8, 4) is 28.1 Å². The van der Waals surface area contributed by atoms with Gasteiger partial charge in [-0.05, 0) is 85.0 Å². The smallest absolute Gasteiger partial charge is 0.273 e. The molecule has 8 heteroatoms. The van der Waals surface area contributed by atoms with Gasteiger partial charge in [-0.2, -0.15) is 0 Å². The number of aromatic nitrogens is 2. The van der Waals surface area contributed by atoms with Gasteiger partial charge in [0.05, 0.1) is 22.8 Å². The third-order valence-electron chi connectivity index (χ3n) is 7.05. The molecule has 0 bridgehead atoms. The number of hydrogen-bond acceptors (Lipinski definition) is 2. The third kappa shape index (κ3) is 4.24. The van der Waals surface area contributed by atoms with Crippen LogP contribution in [-0.2, 0) is 13.0 Å². The van der Waals surface area contributed by atoms with E-state index in [9.17, 15) is 9.18 Å². The lowest BCUT2D eigenvalue weighted by Crippen LogP contribution is -2.15.